The van der Waals surface area contributed by atoms with Gasteiger partial charge in [0.15, 0.2) is 11.5 Å². The molecule has 17 heavy (non-hydrogen) atoms. The van der Waals surface area contributed by atoms with Crippen molar-refractivity contribution in [2.45, 2.75) is 26.3 Å². The highest BCUT2D eigenvalue weighted by Gasteiger charge is 2.18. The van der Waals surface area contributed by atoms with E-state index in [2.05, 4.69) is 10.00 Å². The fourth-order valence-corrected chi connectivity index (χ4v) is 1.61. The Kier molecular flexibility index (Phi) is 5.15. The molecule has 0 N–H and O–H groups in total. The molecule has 0 saturated heterocycles. The summed E-state index contributed by atoms with van der Waals surface area (Å²) in [5.74, 6) is 0.669. The van der Waals surface area contributed by atoms with Gasteiger partial charge in [-0.2, -0.15) is 5.10 Å². The minimum absolute atomic E-state index is 0.0978. The van der Waals surface area contributed by atoms with Gasteiger partial charge in [0, 0.05) is 13.0 Å². The fourth-order valence-electron chi connectivity index (χ4n) is 1.61. The third kappa shape index (κ3) is 3.56. The zero-order chi connectivity index (χ0) is 12.8. The standard InChI is InChI=1S/C12H21N3O2/c1-5-6-10(16)12-11(17-4)9-13-15(12)8-7-14(2)3/h9H,5-8H2,1-4H3. The highest BCUT2D eigenvalue weighted by Crippen LogP contribution is 2.19. The van der Waals surface area contributed by atoms with Crippen molar-refractivity contribution in [1.82, 2.24) is 14.7 Å². The van der Waals surface area contributed by atoms with E-state index < -0.39 is 0 Å². The number of carbonyl (C=O) groups is 1. The molecule has 0 radical (unpaired) electrons. The third-order valence-corrected chi connectivity index (χ3v) is 2.53. The Hall–Kier alpha value is -1.36. The van der Waals surface area contributed by atoms with Crippen molar-refractivity contribution >= 4 is 5.78 Å². The summed E-state index contributed by atoms with van der Waals surface area (Å²) < 4.78 is 6.92. The number of hydrogen-bond acceptors (Lipinski definition) is 4. The smallest absolute Gasteiger partial charge is 0.184 e. The molecule has 1 aromatic rings. The molecule has 0 aliphatic rings. The van der Waals surface area contributed by atoms with Crippen LogP contribution in [0.5, 0.6) is 5.75 Å². The molecule has 0 aliphatic heterocycles. The van der Waals surface area contributed by atoms with Crippen LogP contribution in [0.1, 0.15) is 30.3 Å². The van der Waals surface area contributed by atoms with E-state index in [4.69, 9.17) is 4.74 Å². The molecule has 1 aromatic heterocycles. The van der Waals surface area contributed by atoms with Crippen LogP contribution in [0.4, 0.5) is 0 Å². The lowest BCUT2D eigenvalue weighted by atomic mass is 10.1. The maximum Gasteiger partial charge on any atom is 0.184 e. The molecule has 1 rings (SSSR count). The first-order valence-corrected chi connectivity index (χ1v) is 5.87. The molecule has 96 valence electrons. The summed E-state index contributed by atoms with van der Waals surface area (Å²) in [6.45, 7) is 3.53. The van der Waals surface area contributed by atoms with Crippen LogP contribution in [0.2, 0.25) is 0 Å². The maximum atomic E-state index is 12.0. The molecule has 5 heteroatoms. The summed E-state index contributed by atoms with van der Waals surface area (Å²) in [6.07, 6.45) is 2.98. The quantitative estimate of drug-likeness (QED) is 0.675. The van der Waals surface area contributed by atoms with Crippen molar-refractivity contribution in [1.29, 1.82) is 0 Å². The van der Waals surface area contributed by atoms with Gasteiger partial charge < -0.3 is 9.64 Å². The van der Waals surface area contributed by atoms with Crippen molar-refractivity contribution in [2.24, 2.45) is 0 Å². The Morgan fingerprint density at radius 3 is 2.76 bits per heavy atom. The van der Waals surface area contributed by atoms with Crippen LogP contribution in [-0.4, -0.2) is 48.2 Å². The molecular formula is C12H21N3O2. The van der Waals surface area contributed by atoms with E-state index in [1.807, 2.05) is 21.0 Å². The second-order valence-corrected chi connectivity index (χ2v) is 4.26. The summed E-state index contributed by atoms with van der Waals surface area (Å²) in [4.78, 5) is 14.1. The van der Waals surface area contributed by atoms with E-state index in [0.29, 0.717) is 24.4 Å². The molecule has 0 bridgehead atoms. The van der Waals surface area contributed by atoms with Gasteiger partial charge in [0.1, 0.15) is 5.69 Å². The van der Waals surface area contributed by atoms with E-state index in [-0.39, 0.29) is 5.78 Å². The second kappa shape index (κ2) is 6.39. The minimum Gasteiger partial charge on any atom is -0.493 e. The van der Waals surface area contributed by atoms with E-state index >= 15 is 0 Å². The molecule has 0 aliphatic carbocycles. The number of ether oxygens (including phenoxy) is 1. The largest absolute Gasteiger partial charge is 0.493 e. The normalized spacial score (nSPS) is 10.9. The van der Waals surface area contributed by atoms with Crippen molar-refractivity contribution in [3.63, 3.8) is 0 Å². The number of rotatable bonds is 7. The molecule has 0 atom stereocenters. The van der Waals surface area contributed by atoms with Crippen molar-refractivity contribution in [2.75, 3.05) is 27.7 Å². The van der Waals surface area contributed by atoms with E-state index in [1.54, 1.807) is 18.0 Å². The predicted molar refractivity (Wildman–Crippen MR) is 66.6 cm³/mol. The van der Waals surface area contributed by atoms with E-state index in [9.17, 15) is 4.79 Å². The van der Waals surface area contributed by atoms with Gasteiger partial charge in [-0.3, -0.25) is 9.48 Å². The van der Waals surface area contributed by atoms with Gasteiger partial charge in [0.25, 0.3) is 0 Å². The molecule has 0 spiro atoms. The Morgan fingerprint density at radius 1 is 1.53 bits per heavy atom. The zero-order valence-electron chi connectivity index (χ0n) is 11.1. The number of Topliss-reactive ketones (excluding diaryl/α,β-unsaturated/α-hetero) is 1. The Morgan fingerprint density at radius 2 is 2.24 bits per heavy atom. The van der Waals surface area contributed by atoms with Gasteiger partial charge in [-0.05, 0) is 20.5 Å². The Balaban J connectivity index is 2.89. The van der Waals surface area contributed by atoms with Crippen LogP contribution in [0, 0.1) is 0 Å². The predicted octanol–water partition coefficient (Wildman–Crippen LogP) is 1.44. The molecule has 1 heterocycles. The highest BCUT2D eigenvalue weighted by molar-refractivity contribution is 5.96. The first kappa shape index (κ1) is 13.7. The number of methoxy groups -OCH3 is 1. The molecule has 5 nitrogen and oxygen atoms in total. The van der Waals surface area contributed by atoms with Crippen molar-refractivity contribution in [3.05, 3.63) is 11.9 Å². The van der Waals surface area contributed by atoms with Crippen molar-refractivity contribution in [3.8, 4) is 5.75 Å². The van der Waals surface area contributed by atoms with Gasteiger partial charge in [0.2, 0.25) is 0 Å². The average molecular weight is 239 g/mol. The topological polar surface area (TPSA) is 47.4 Å². The monoisotopic (exact) mass is 239 g/mol. The number of carbonyl (C=O) groups excluding carboxylic acids is 1. The van der Waals surface area contributed by atoms with Crippen LogP contribution in [-0.2, 0) is 6.54 Å². The lowest BCUT2D eigenvalue weighted by molar-refractivity contribution is 0.0967. The second-order valence-electron chi connectivity index (χ2n) is 4.26. The van der Waals surface area contributed by atoms with Gasteiger partial charge in [0.05, 0.1) is 19.9 Å². The molecular weight excluding hydrogens is 218 g/mol. The minimum atomic E-state index is 0.0978. The van der Waals surface area contributed by atoms with E-state index in [0.717, 1.165) is 13.0 Å². The lowest BCUT2D eigenvalue weighted by Gasteiger charge is -2.11. The number of hydrogen-bond donors (Lipinski definition) is 0. The summed E-state index contributed by atoms with van der Waals surface area (Å²) in [5, 5.41) is 4.21. The molecule has 0 unspecified atom stereocenters. The summed E-state index contributed by atoms with van der Waals surface area (Å²) >= 11 is 0. The molecule has 0 saturated carbocycles. The number of ketones is 1. The number of nitrogens with zero attached hydrogens (tertiary/aromatic N) is 3. The van der Waals surface area contributed by atoms with Crippen LogP contribution in [0.15, 0.2) is 6.20 Å². The van der Waals surface area contributed by atoms with Crippen LogP contribution < -0.4 is 4.74 Å². The number of aromatic nitrogens is 2. The zero-order valence-corrected chi connectivity index (χ0v) is 11.1. The van der Waals surface area contributed by atoms with Crippen LogP contribution in [0.3, 0.4) is 0 Å². The van der Waals surface area contributed by atoms with Gasteiger partial charge in [-0.25, -0.2) is 0 Å². The summed E-state index contributed by atoms with van der Waals surface area (Å²) in [6, 6.07) is 0. The first-order chi connectivity index (χ1) is 8.10. The van der Waals surface area contributed by atoms with Crippen molar-refractivity contribution < 1.29 is 9.53 Å². The van der Waals surface area contributed by atoms with Gasteiger partial charge >= 0.3 is 0 Å². The summed E-state index contributed by atoms with van der Waals surface area (Å²) in [7, 11) is 5.55. The third-order valence-electron chi connectivity index (χ3n) is 2.53. The van der Waals surface area contributed by atoms with Crippen LogP contribution in [0.25, 0.3) is 0 Å². The van der Waals surface area contributed by atoms with Gasteiger partial charge in [-0.15, -0.1) is 0 Å². The Bertz CT molecular complexity index is 372. The Labute approximate surface area is 102 Å². The molecule has 0 amide bonds. The SMILES string of the molecule is CCCC(=O)c1c(OC)cnn1CCN(C)C. The average Bonchev–Trinajstić information content (AvgIpc) is 2.69. The van der Waals surface area contributed by atoms with Gasteiger partial charge in [-0.1, -0.05) is 6.92 Å². The van der Waals surface area contributed by atoms with E-state index in [1.165, 1.54) is 0 Å². The number of likely N-dealkylation sites (N-methyl/N-ethyl adjacent to an activating group) is 1. The van der Waals surface area contributed by atoms with Crippen LogP contribution >= 0.6 is 0 Å². The maximum absolute atomic E-state index is 12.0. The first-order valence-electron chi connectivity index (χ1n) is 5.87. The summed E-state index contributed by atoms with van der Waals surface area (Å²) in [5.41, 5.74) is 0.594. The fraction of sp³-hybridized carbons (Fsp3) is 0.667. The lowest BCUT2D eigenvalue weighted by Crippen LogP contribution is -2.21. The molecule has 0 aromatic carbocycles. The highest BCUT2D eigenvalue weighted by atomic mass is 16.5. The molecule has 0 fully saturated rings.